The third-order valence-electron chi connectivity index (χ3n) is 7.47. The summed E-state index contributed by atoms with van der Waals surface area (Å²) in [6.07, 6.45) is 2.55. The van der Waals surface area contributed by atoms with E-state index in [1.165, 1.54) is 17.6 Å². The van der Waals surface area contributed by atoms with Gasteiger partial charge in [0.1, 0.15) is 5.75 Å². The Hall–Kier alpha value is -4.33. The highest BCUT2D eigenvalue weighted by atomic mass is 16.6. The van der Waals surface area contributed by atoms with E-state index >= 15 is 0 Å². The van der Waals surface area contributed by atoms with Crippen LogP contribution in [-0.4, -0.2) is 53.6 Å². The van der Waals surface area contributed by atoms with Crippen molar-refractivity contribution in [3.63, 3.8) is 0 Å². The molecule has 4 aromatic rings. The van der Waals surface area contributed by atoms with Crippen LogP contribution in [0.25, 0.3) is 10.9 Å². The first-order valence-corrected chi connectivity index (χ1v) is 13.0. The van der Waals surface area contributed by atoms with Gasteiger partial charge in [0.15, 0.2) is 0 Å². The second-order valence-electron chi connectivity index (χ2n) is 9.56. The maximum absolute atomic E-state index is 13.7. The Morgan fingerprint density at radius 2 is 1.74 bits per heavy atom. The minimum Gasteiger partial charge on any atom is -0.497 e. The van der Waals surface area contributed by atoms with E-state index in [0.29, 0.717) is 32.6 Å². The summed E-state index contributed by atoms with van der Waals surface area (Å²) < 4.78 is 7.75. The van der Waals surface area contributed by atoms with Gasteiger partial charge in [-0.25, -0.2) is 0 Å². The lowest BCUT2D eigenvalue weighted by molar-refractivity contribution is -0.384. The molecule has 1 aliphatic heterocycles. The van der Waals surface area contributed by atoms with Crippen LogP contribution in [0.1, 0.15) is 30.4 Å². The standard InChI is InChI=1S/C30H32N4O4/c1-3-31-21-28(26-9-4-5-10-29(26)31)27(22-7-6-8-25(19-22)38-2)20-30(35)33-17-15-32(16-18-33)23-11-13-24(14-12-23)34(36)37/h4-14,19,21,27H,3,15-18,20H2,1-2H3. The van der Waals surface area contributed by atoms with Crippen LogP contribution in [-0.2, 0) is 11.3 Å². The van der Waals surface area contributed by atoms with Crippen molar-refractivity contribution in [1.82, 2.24) is 9.47 Å². The van der Waals surface area contributed by atoms with Gasteiger partial charge in [-0.05, 0) is 48.4 Å². The summed E-state index contributed by atoms with van der Waals surface area (Å²) in [5.74, 6) is 0.786. The smallest absolute Gasteiger partial charge is 0.269 e. The molecule has 196 valence electrons. The number of non-ortho nitro benzene ring substituents is 1. The molecule has 1 atom stereocenters. The number of ether oxygens (including phenoxy) is 1. The summed E-state index contributed by atoms with van der Waals surface area (Å²) in [5.41, 5.74) is 4.39. The number of rotatable bonds is 8. The predicted molar refractivity (Wildman–Crippen MR) is 149 cm³/mol. The van der Waals surface area contributed by atoms with Gasteiger partial charge in [-0.2, -0.15) is 0 Å². The molecular weight excluding hydrogens is 480 g/mol. The molecule has 1 saturated heterocycles. The van der Waals surface area contributed by atoms with Gasteiger partial charge in [-0.15, -0.1) is 0 Å². The van der Waals surface area contributed by atoms with Crippen LogP contribution in [0, 0.1) is 10.1 Å². The third-order valence-corrected chi connectivity index (χ3v) is 7.47. The molecule has 1 aromatic heterocycles. The van der Waals surface area contributed by atoms with Crippen LogP contribution in [0.5, 0.6) is 5.75 Å². The Labute approximate surface area is 222 Å². The highest BCUT2D eigenvalue weighted by Gasteiger charge is 2.28. The van der Waals surface area contributed by atoms with E-state index in [9.17, 15) is 14.9 Å². The Kier molecular flexibility index (Phi) is 7.31. The first-order valence-electron chi connectivity index (χ1n) is 13.0. The zero-order valence-electron chi connectivity index (χ0n) is 21.7. The van der Waals surface area contributed by atoms with E-state index in [0.717, 1.165) is 34.5 Å². The molecule has 1 fully saturated rings. The lowest BCUT2D eigenvalue weighted by atomic mass is 9.87. The molecule has 0 spiro atoms. The van der Waals surface area contributed by atoms with E-state index < -0.39 is 4.92 Å². The molecule has 2 heterocycles. The Balaban J connectivity index is 1.37. The largest absolute Gasteiger partial charge is 0.497 e. The van der Waals surface area contributed by atoms with Gasteiger partial charge in [0.25, 0.3) is 5.69 Å². The van der Waals surface area contributed by atoms with Crippen molar-refractivity contribution in [2.24, 2.45) is 0 Å². The zero-order valence-corrected chi connectivity index (χ0v) is 21.7. The number of fused-ring (bicyclic) bond motifs is 1. The molecule has 0 N–H and O–H groups in total. The van der Waals surface area contributed by atoms with Crippen molar-refractivity contribution < 1.29 is 14.5 Å². The highest BCUT2D eigenvalue weighted by molar-refractivity contribution is 5.87. The highest BCUT2D eigenvalue weighted by Crippen LogP contribution is 2.36. The molecule has 1 unspecified atom stereocenters. The molecular formula is C30H32N4O4. The molecule has 1 aliphatic rings. The van der Waals surface area contributed by atoms with E-state index in [-0.39, 0.29) is 17.5 Å². The number of nitro groups is 1. The first kappa shape index (κ1) is 25.3. The SMILES string of the molecule is CCn1cc(C(CC(=O)N2CCN(c3ccc([N+](=O)[O-])cc3)CC2)c2cccc(OC)c2)c2ccccc21. The minimum atomic E-state index is -0.392. The van der Waals surface area contributed by atoms with E-state index in [1.807, 2.05) is 35.2 Å². The Morgan fingerprint density at radius 1 is 1.00 bits per heavy atom. The van der Waals surface area contributed by atoms with Gasteiger partial charge in [0.05, 0.1) is 12.0 Å². The summed E-state index contributed by atoms with van der Waals surface area (Å²) in [6.45, 7) is 5.57. The van der Waals surface area contributed by atoms with Crippen molar-refractivity contribution in [3.8, 4) is 5.75 Å². The number of para-hydroxylation sites is 1. The van der Waals surface area contributed by atoms with Crippen LogP contribution in [0.4, 0.5) is 11.4 Å². The fourth-order valence-corrected chi connectivity index (χ4v) is 5.38. The van der Waals surface area contributed by atoms with Crippen molar-refractivity contribution >= 4 is 28.2 Å². The number of methoxy groups -OCH3 is 1. The maximum atomic E-state index is 13.7. The van der Waals surface area contributed by atoms with Crippen LogP contribution in [0.2, 0.25) is 0 Å². The number of hydrogen-bond donors (Lipinski definition) is 0. The number of nitrogens with zero attached hydrogens (tertiary/aromatic N) is 4. The molecule has 8 heteroatoms. The lowest BCUT2D eigenvalue weighted by Gasteiger charge is -2.36. The monoisotopic (exact) mass is 512 g/mol. The number of aromatic nitrogens is 1. The van der Waals surface area contributed by atoms with Crippen LogP contribution < -0.4 is 9.64 Å². The fourth-order valence-electron chi connectivity index (χ4n) is 5.38. The number of aryl methyl sites for hydroxylation is 1. The predicted octanol–water partition coefficient (Wildman–Crippen LogP) is 5.45. The molecule has 0 saturated carbocycles. The molecule has 0 bridgehead atoms. The summed E-state index contributed by atoms with van der Waals surface area (Å²) >= 11 is 0. The number of benzene rings is 3. The number of carbonyl (C=O) groups is 1. The van der Waals surface area contributed by atoms with Gasteiger partial charge in [-0.1, -0.05) is 30.3 Å². The average molecular weight is 513 g/mol. The van der Waals surface area contributed by atoms with Crippen LogP contribution >= 0.6 is 0 Å². The van der Waals surface area contributed by atoms with E-state index in [4.69, 9.17) is 4.74 Å². The summed E-state index contributed by atoms with van der Waals surface area (Å²) in [7, 11) is 1.66. The van der Waals surface area contributed by atoms with Crippen molar-refractivity contribution in [2.75, 3.05) is 38.2 Å². The minimum absolute atomic E-state index is 0.0792. The number of hydrogen-bond acceptors (Lipinski definition) is 5. The number of piperazine rings is 1. The molecule has 38 heavy (non-hydrogen) atoms. The van der Waals surface area contributed by atoms with Crippen molar-refractivity contribution in [3.05, 3.63) is 100 Å². The topological polar surface area (TPSA) is 80.9 Å². The fraction of sp³-hybridized carbons (Fsp3) is 0.300. The second-order valence-corrected chi connectivity index (χ2v) is 9.56. The summed E-state index contributed by atoms with van der Waals surface area (Å²) in [5, 5.41) is 12.1. The Morgan fingerprint density at radius 3 is 2.42 bits per heavy atom. The lowest BCUT2D eigenvalue weighted by Crippen LogP contribution is -2.49. The molecule has 8 nitrogen and oxygen atoms in total. The quantitative estimate of drug-likeness (QED) is 0.232. The first-order chi connectivity index (χ1) is 18.5. The molecule has 3 aromatic carbocycles. The maximum Gasteiger partial charge on any atom is 0.269 e. The van der Waals surface area contributed by atoms with Gasteiger partial charge in [-0.3, -0.25) is 14.9 Å². The average Bonchev–Trinajstić information content (AvgIpc) is 3.34. The van der Waals surface area contributed by atoms with Gasteiger partial charge >= 0.3 is 0 Å². The van der Waals surface area contributed by atoms with Gasteiger partial charge in [0, 0.05) is 80.0 Å². The van der Waals surface area contributed by atoms with E-state index in [1.54, 1.807) is 19.2 Å². The summed E-state index contributed by atoms with van der Waals surface area (Å²) in [4.78, 5) is 28.4. The van der Waals surface area contributed by atoms with Gasteiger partial charge < -0.3 is 19.1 Å². The molecule has 5 rings (SSSR count). The van der Waals surface area contributed by atoms with Crippen LogP contribution in [0.3, 0.4) is 0 Å². The number of nitro benzene ring substituents is 1. The zero-order chi connectivity index (χ0) is 26.6. The number of amides is 1. The Bertz CT molecular complexity index is 1440. The summed E-state index contributed by atoms with van der Waals surface area (Å²) in [6, 6.07) is 23.0. The molecule has 0 radical (unpaired) electrons. The number of carbonyl (C=O) groups excluding carboxylic acids is 1. The third kappa shape index (κ3) is 5.07. The van der Waals surface area contributed by atoms with Crippen molar-refractivity contribution in [2.45, 2.75) is 25.8 Å². The van der Waals surface area contributed by atoms with E-state index in [2.05, 4.69) is 40.8 Å². The normalized spacial score (nSPS) is 14.5. The van der Waals surface area contributed by atoms with Gasteiger partial charge in [0.2, 0.25) is 5.91 Å². The van der Waals surface area contributed by atoms with Crippen LogP contribution in [0.15, 0.2) is 79.0 Å². The number of anilines is 1. The molecule has 1 amide bonds. The molecule has 0 aliphatic carbocycles. The second kappa shape index (κ2) is 11.0. The van der Waals surface area contributed by atoms with Crippen molar-refractivity contribution in [1.29, 1.82) is 0 Å².